The van der Waals surface area contributed by atoms with Crippen molar-refractivity contribution in [2.45, 2.75) is 44.6 Å². The number of hydrogen-bond acceptors (Lipinski definition) is 4. The average Bonchev–Trinajstić information content (AvgIpc) is 2.87. The van der Waals surface area contributed by atoms with Crippen LogP contribution in [0.2, 0.25) is 0 Å². The summed E-state index contributed by atoms with van der Waals surface area (Å²) < 4.78 is 25.9. The van der Waals surface area contributed by atoms with Gasteiger partial charge in [0.15, 0.2) is 0 Å². The lowest BCUT2D eigenvalue weighted by atomic mass is 9.93. The van der Waals surface area contributed by atoms with Crippen LogP contribution < -0.4 is 5.32 Å². The molecule has 6 nitrogen and oxygen atoms in total. The van der Waals surface area contributed by atoms with Gasteiger partial charge < -0.3 is 5.32 Å². The van der Waals surface area contributed by atoms with Crippen molar-refractivity contribution in [3.05, 3.63) is 65.2 Å². The number of hydrogen-bond donors (Lipinski definition) is 1. The van der Waals surface area contributed by atoms with E-state index in [9.17, 15) is 18.0 Å². The molecule has 1 atom stereocenters. The molecule has 1 heterocycles. The Morgan fingerprint density at radius 1 is 0.966 bits per heavy atom. The number of sulfonamides is 1. The summed E-state index contributed by atoms with van der Waals surface area (Å²) in [6.07, 6.45) is 0. The maximum atomic E-state index is 12.7. The van der Waals surface area contributed by atoms with Crippen LogP contribution in [0.4, 0.5) is 0 Å². The molecule has 0 spiro atoms. The molecule has 2 aromatic rings. The molecular weight excluding hydrogens is 388 g/mol. The van der Waals surface area contributed by atoms with Crippen LogP contribution in [0, 0.1) is 5.92 Å². The third kappa shape index (κ3) is 4.05. The predicted octanol–water partition coefficient (Wildman–Crippen LogP) is 3.47. The molecule has 0 radical (unpaired) electrons. The molecule has 2 aromatic carbocycles. The van der Waals surface area contributed by atoms with E-state index in [1.165, 1.54) is 17.7 Å². The van der Waals surface area contributed by atoms with Gasteiger partial charge in [0.05, 0.1) is 11.6 Å². The van der Waals surface area contributed by atoms with E-state index in [0.29, 0.717) is 10.2 Å². The molecule has 0 unspecified atom stereocenters. The van der Waals surface area contributed by atoms with Gasteiger partial charge in [-0.3, -0.25) is 9.59 Å². The summed E-state index contributed by atoms with van der Waals surface area (Å²) in [5.41, 5.74) is 2.25. The molecule has 0 aromatic heterocycles. The number of nitrogens with one attached hydrogen (secondary N) is 1. The summed E-state index contributed by atoms with van der Waals surface area (Å²) in [6, 6.07) is 13.7. The molecule has 154 valence electrons. The van der Waals surface area contributed by atoms with Gasteiger partial charge in [-0.05, 0) is 35.1 Å². The van der Waals surface area contributed by atoms with Crippen LogP contribution in [0.3, 0.4) is 0 Å². The molecular formula is C22H26N2O4S. The second-order valence-corrected chi connectivity index (χ2v) is 9.75. The first kappa shape index (κ1) is 21.0. The maximum Gasteiger partial charge on any atom is 0.269 e. The Morgan fingerprint density at radius 3 is 2.10 bits per heavy atom. The van der Waals surface area contributed by atoms with Gasteiger partial charge in [0.2, 0.25) is 5.91 Å². The number of carbonyl (C=O) groups excluding carboxylic acids is 2. The number of nitrogens with zero attached hydrogens (tertiary/aromatic N) is 1. The molecule has 0 aliphatic carbocycles. The molecule has 0 bridgehead atoms. The Kier molecular flexibility index (Phi) is 5.80. The third-order valence-electron chi connectivity index (χ3n) is 5.14. The van der Waals surface area contributed by atoms with E-state index in [1.54, 1.807) is 12.1 Å². The summed E-state index contributed by atoms with van der Waals surface area (Å²) in [7, 11) is -4.00. The molecule has 0 fully saturated rings. The fourth-order valence-corrected chi connectivity index (χ4v) is 4.99. The van der Waals surface area contributed by atoms with Crippen molar-refractivity contribution in [3.8, 4) is 0 Å². The van der Waals surface area contributed by atoms with Crippen LogP contribution >= 0.6 is 0 Å². The highest BCUT2D eigenvalue weighted by atomic mass is 32.2. The van der Waals surface area contributed by atoms with Crippen LogP contribution in [-0.4, -0.2) is 31.1 Å². The van der Waals surface area contributed by atoms with Crippen molar-refractivity contribution in [3.63, 3.8) is 0 Å². The van der Waals surface area contributed by atoms with Crippen LogP contribution in [-0.2, 0) is 14.8 Å². The maximum absolute atomic E-state index is 12.7. The van der Waals surface area contributed by atoms with Gasteiger partial charge in [0.25, 0.3) is 15.9 Å². The Balaban J connectivity index is 1.77. The zero-order valence-corrected chi connectivity index (χ0v) is 17.9. The van der Waals surface area contributed by atoms with E-state index < -0.39 is 28.4 Å². The molecule has 3 rings (SSSR count). The predicted molar refractivity (Wildman–Crippen MR) is 111 cm³/mol. The second-order valence-electron chi connectivity index (χ2n) is 7.92. The first-order valence-corrected chi connectivity index (χ1v) is 11.1. The van der Waals surface area contributed by atoms with Crippen molar-refractivity contribution in [2.75, 3.05) is 6.54 Å². The minimum Gasteiger partial charge on any atom is -0.347 e. The Bertz CT molecular complexity index is 1030. The third-order valence-corrected chi connectivity index (χ3v) is 6.93. The highest BCUT2D eigenvalue weighted by Crippen LogP contribution is 2.30. The van der Waals surface area contributed by atoms with E-state index in [2.05, 4.69) is 19.2 Å². The van der Waals surface area contributed by atoms with Crippen molar-refractivity contribution in [1.29, 1.82) is 0 Å². The lowest BCUT2D eigenvalue weighted by molar-refractivity contribution is -0.122. The lowest BCUT2D eigenvalue weighted by Crippen LogP contribution is -2.42. The standard InChI is InChI=1S/C22H26N2O4S/c1-14(2)16-9-11-17(12-10-16)21(15(3)4)23-20(25)13-24-22(26)18-7-5-6-8-19(18)29(24,27)28/h5-12,14-15,21H,13H2,1-4H3,(H,23,25)/t21-/m1/s1. The van der Waals surface area contributed by atoms with Crippen molar-refractivity contribution in [1.82, 2.24) is 9.62 Å². The molecule has 1 aliphatic rings. The van der Waals surface area contributed by atoms with Crippen LogP contribution in [0.15, 0.2) is 53.4 Å². The normalized spacial score (nSPS) is 16.2. The second kappa shape index (κ2) is 7.99. The Labute approximate surface area is 172 Å². The summed E-state index contributed by atoms with van der Waals surface area (Å²) >= 11 is 0. The van der Waals surface area contributed by atoms with E-state index in [-0.39, 0.29) is 22.4 Å². The Morgan fingerprint density at radius 2 is 1.55 bits per heavy atom. The first-order valence-electron chi connectivity index (χ1n) is 9.68. The largest absolute Gasteiger partial charge is 0.347 e. The van der Waals surface area contributed by atoms with Crippen LogP contribution in [0.25, 0.3) is 0 Å². The van der Waals surface area contributed by atoms with Crippen molar-refractivity contribution < 1.29 is 18.0 Å². The van der Waals surface area contributed by atoms with Crippen molar-refractivity contribution in [2.24, 2.45) is 5.92 Å². The minimum absolute atomic E-state index is 0.0533. The summed E-state index contributed by atoms with van der Waals surface area (Å²) in [4.78, 5) is 25.1. The zero-order chi connectivity index (χ0) is 21.3. The quantitative estimate of drug-likeness (QED) is 0.785. The van der Waals surface area contributed by atoms with Gasteiger partial charge >= 0.3 is 0 Å². The van der Waals surface area contributed by atoms with E-state index in [4.69, 9.17) is 0 Å². The SMILES string of the molecule is CC(C)c1ccc([C@H](NC(=O)CN2C(=O)c3ccccc3S2(=O)=O)C(C)C)cc1. The number of benzene rings is 2. The zero-order valence-electron chi connectivity index (χ0n) is 17.0. The fraction of sp³-hybridized carbons (Fsp3) is 0.364. The molecule has 29 heavy (non-hydrogen) atoms. The lowest BCUT2D eigenvalue weighted by Gasteiger charge is -2.24. The molecule has 2 amide bonds. The summed E-state index contributed by atoms with van der Waals surface area (Å²) in [5.74, 6) is -0.685. The van der Waals surface area contributed by atoms with E-state index >= 15 is 0 Å². The fourth-order valence-electron chi connectivity index (χ4n) is 3.46. The monoisotopic (exact) mass is 414 g/mol. The van der Waals surface area contributed by atoms with Crippen LogP contribution in [0.1, 0.15) is 61.1 Å². The molecule has 7 heteroatoms. The van der Waals surface area contributed by atoms with Gasteiger partial charge in [-0.25, -0.2) is 12.7 Å². The smallest absolute Gasteiger partial charge is 0.269 e. The molecule has 0 saturated heterocycles. The number of rotatable bonds is 6. The highest BCUT2D eigenvalue weighted by molar-refractivity contribution is 7.90. The first-order chi connectivity index (χ1) is 13.6. The van der Waals surface area contributed by atoms with Crippen LogP contribution in [0.5, 0.6) is 0 Å². The van der Waals surface area contributed by atoms with Gasteiger partial charge in [-0.2, -0.15) is 0 Å². The summed E-state index contributed by atoms with van der Waals surface area (Å²) in [6.45, 7) is 7.65. The van der Waals surface area contributed by atoms with E-state index in [0.717, 1.165) is 5.56 Å². The topological polar surface area (TPSA) is 83.6 Å². The molecule has 1 N–H and O–H groups in total. The number of fused-ring (bicyclic) bond motifs is 1. The summed E-state index contributed by atoms with van der Waals surface area (Å²) in [5, 5.41) is 2.90. The Hall–Kier alpha value is -2.67. The van der Waals surface area contributed by atoms with Gasteiger partial charge in [-0.15, -0.1) is 0 Å². The highest BCUT2D eigenvalue weighted by Gasteiger charge is 2.42. The average molecular weight is 415 g/mol. The van der Waals surface area contributed by atoms with Gasteiger partial charge in [0, 0.05) is 0 Å². The number of carbonyl (C=O) groups is 2. The van der Waals surface area contributed by atoms with E-state index in [1.807, 2.05) is 38.1 Å². The molecule has 1 aliphatic heterocycles. The van der Waals surface area contributed by atoms with Crippen molar-refractivity contribution >= 4 is 21.8 Å². The number of amides is 2. The molecule has 0 saturated carbocycles. The minimum atomic E-state index is -4.00. The van der Waals surface area contributed by atoms with Gasteiger partial charge in [0.1, 0.15) is 11.4 Å². The van der Waals surface area contributed by atoms with Gasteiger partial charge in [-0.1, -0.05) is 64.1 Å².